The van der Waals surface area contributed by atoms with Crippen LogP contribution in [0, 0.1) is 11.3 Å². The Balaban J connectivity index is 2.42. The summed E-state index contributed by atoms with van der Waals surface area (Å²) >= 11 is 0. The van der Waals surface area contributed by atoms with Crippen molar-refractivity contribution in [1.82, 2.24) is 4.90 Å². The fourth-order valence-electron chi connectivity index (χ4n) is 2.26. The third-order valence-electron chi connectivity index (χ3n) is 2.83. The van der Waals surface area contributed by atoms with E-state index in [4.69, 9.17) is 0 Å². The first-order valence-corrected chi connectivity index (χ1v) is 5.48. The van der Waals surface area contributed by atoms with Crippen molar-refractivity contribution in [2.75, 3.05) is 13.1 Å². The fourth-order valence-corrected chi connectivity index (χ4v) is 2.26. The first-order valence-electron chi connectivity index (χ1n) is 5.48. The maximum absolute atomic E-state index is 3.99. The van der Waals surface area contributed by atoms with Gasteiger partial charge in [0.2, 0.25) is 0 Å². The van der Waals surface area contributed by atoms with Crippen molar-refractivity contribution in [2.24, 2.45) is 11.3 Å². The Morgan fingerprint density at radius 1 is 1.50 bits per heavy atom. The molecule has 0 saturated carbocycles. The second-order valence-electron chi connectivity index (χ2n) is 5.56. The minimum Gasteiger partial charge on any atom is -0.372 e. The van der Waals surface area contributed by atoms with E-state index in [-0.39, 0.29) is 0 Å². The highest BCUT2D eigenvalue weighted by molar-refractivity contribution is 5.11. The lowest BCUT2D eigenvalue weighted by Gasteiger charge is -2.23. The molecule has 0 N–H and O–H groups in total. The van der Waals surface area contributed by atoms with Crippen LogP contribution >= 0.6 is 0 Å². The Labute approximate surface area is 88.5 Å². The van der Waals surface area contributed by atoms with Gasteiger partial charge in [0.05, 0.1) is 0 Å². The lowest BCUT2D eigenvalue weighted by molar-refractivity contribution is 0.292. The molecule has 0 aromatic carbocycles. The molecule has 0 aromatic rings. The number of likely N-dealkylation sites (tertiary alicyclic amines) is 1. The molecule has 0 bridgehead atoms. The smallest absolute Gasteiger partial charge is 0.0287 e. The summed E-state index contributed by atoms with van der Waals surface area (Å²) in [6.07, 6.45) is 4.48. The molecule has 1 nitrogen and oxygen atoms in total. The highest BCUT2D eigenvalue weighted by Crippen LogP contribution is 2.31. The molecular formula is C13H23N. The molecule has 1 saturated heterocycles. The van der Waals surface area contributed by atoms with E-state index >= 15 is 0 Å². The third-order valence-corrected chi connectivity index (χ3v) is 2.83. The van der Waals surface area contributed by atoms with Crippen molar-refractivity contribution in [1.29, 1.82) is 0 Å². The van der Waals surface area contributed by atoms with E-state index in [1.165, 1.54) is 19.4 Å². The van der Waals surface area contributed by atoms with Crippen LogP contribution in [0.2, 0.25) is 0 Å². The molecule has 1 aliphatic heterocycles. The highest BCUT2D eigenvalue weighted by Gasteiger charge is 2.26. The SMILES string of the molecule is C=CC(=C)N1CCC(CC(C)(C)C)C1. The molecule has 0 amide bonds. The minimum atomic E-state index is 0.455. The zero-order valence-electron chi connectivity index (χ0n) is 9.84. The first kappa shape index (κ1) is 11.4. The Morgan fingerprint density at radius 3 is 2.64 bits per heavy atom. The van der Waals surface area contributed by atoms with Crippen molar-refractivity contribution >= 4 is 0 Å². The van der Waals surface area contributed by atoms with Crippen molar-refractivity contribution in [3.63, 3.8) is 0 Å². The lowest BCUT2D eigenvalue weighted by atomic mass is 9.84. The molecule has 1 unspecified atom stereocenters. The monoisotopic (exact) mass is 193 g/mol. The predicted octanol–water partition coefficient (Wildman–Crippen LogP) is 3.44. The summed E-state index contributed by atoms with van der Waals surface area (Å²) in [5.74, 6) is 0.840. The van der Waals surface area contributed by atoms with Crippen LogP contribution < -0.4 is 0 Å². The second kappa shape index (κ2) is 4.20. The molecule has 1 heterocycles. The Kier molecular flexibility index (Phi) is 3.41. The Morgan fingerprint density at radius 2 is 2.14 bits per heavy atom. The molecule has 1 heteroatoms. The molecule has 80 valence electrons. The summed E-state index contributed by atoms with van der Waals surface area (Å²) < 4.78 is 0. The van der Waals surface area contributed by atoms with E-state index in [1.807, 2.05) is 6.08 Å². The predicted molar refractivity (Wildman–Crippen MR) is 63.1 cm³/mol. The van der Waals surface area contributed by atoms with Crippen LogP contribution in [0.5, 0.6) is 0 Å². The summed E-state index contributed by atoms with van der Waals surface area (Å²) in [6.45, 7) is 17.0. The lowest BCUT2D eigenvalue weighted by Crippen LogP contribution is -2.20. The van der Waals surface area contributed by atoms with E-state index in [0.29, 0.717) is 5.41 Å². The van der Waals surface area contributed by atoms with Gasteiger partial charge >= 0.3 is 0 Å². The molecule has 14 heavy (non-hydrogen) atoms. The van der Waals surface area contributed by atoms with Crippen LogP contribution in [0.3, 0.4) is 0 Å². The van der Waals surface area contributed by atoms with Gasteiger partial charge < -0.3 is 4.90 Å². The molecule has 1 rings (SSSR count). The van der Waals surface area contributed by atoms with Crippen molar-refractivity contribution in [3.8, 4) is 0 Å². The van der Waals surface area contributed by atoms with Crippen LogP contribution in [0.1, 0.15) is 33.6 Å². The minimum absolute atomic E-state index is 0.455. The molecular weight excluding hydrogens is 170 g/mol. The van der Waals surface area contributed by atoms with Crippen LogP contribution in [0.4, 0.5) is 0 Å². The molecule has 0 spiro atoms. The van der Waals surface area contributed by atoms with Gasteiger partial charge in [-0.2, -0.15) is 0 Å². The summed E-state index contributed by atoms with van der Waals surface area (Å²) in [6, 6.07) is 0. The standard InChI is InChI=1S/C13H23N/c1-6-11(2)14-8-7-12(10-14)9-13(3,4)5/h6,12H,1-2,7-10H2,3-5H3. The zero-order valence-corrected chi connectivity index (χ0v) is 9.84. The normalized spacial score (nSPS) is 22.5. The van der Waals surface area contributed by atoms with Crippen LogP contribution in [0.15, 0.2) is 24.9 Å². The van der Waals surface area contributed by atoms with E-state index in [2.05, 4.69) is 38.8 Å². The van der Waals surface area contributed by atoms with Crippen LogP contribution in [-0.2, 0) is 0 Å². The second-order valence-corrected chi connectivity index (χ2v) is 5.56. The van der Waals surface area contributed by atoms with E-state index in [1.54, 1.807) is 0 Å². The summed E-state index contributed by atoms with van der Waals surface area (Å²) in [4.78, 5) is 2.35. The molecule has 1 atom stereocenters. The van der Waals surface area contributed by atoms with Gasteiger partial charge in [0.25, 0.3) is 0 Å². The van der Waals surface area contributed by atoms with Gasteiger partial charge in [0.1, 0.15) is 0 Å². The summed E-state index contributed by atoms with van der Waals surface area (Å²) in [7, 11) is 0. The third kappa shape index (κ3) is 3.21. The summed E-state index contributed by atoms with van der Waals surface area (Å²) in [5.41, 5.74) is 1.54. The molecule has 0 radical (unpaired) electrons. The molecule has 1 aliphatic rings. The maximum atomic E-state index is 3.99. The van der Waals surface area contributed by atoms with Gasteiger partial charge in [0, 0.05) is 18.8 Å². The van der Waals surface area contributed by atoms with Gasteiger partial charge in [-0.15, -0.1) is 0 Å². The Hall–Kier alpha value is -0.720. The van der Waals surface area contributed by atoms with Crippen LogP contribution in [-0.4, -0.2) is 18.0 Å². The number of allylic oxidation sites excluding steroid dienone is 1. The number of nitrogens with zero attached hydrogens (tertiary/aromatic N) is 1. The van der Waals surface area contributed by atoms with Crippen LogP contribution in [0.25, 0.3) is 0 Å². The van der Waals surface area contributed by atoms with E-state index in [9.17, 15) is 0 Å². The van der Waals surface area contributed by atoms with Crippen molar-refractivity contribution in [2.45, 2.75) is 33.6 Å². The largest absolute Gasteiger partial charge is 0.372 e. The number of hydrogen-bond donors (Lipinski definition) is 0. The van der Waals surface area contributed by atoms with Gasteiger partial charge in [0.15, 0.2) is 0 Å². The highest BCUT2D eigenvalue weighted by atomic mass is 15.2. The Bertz CT molecular complexity index is 222. The van der Waals surface area contributed by atoms with Gasteiger partial charge in [-0.05, 0) is 30.3 Å². The quantitative estimate of drug-likeness (QED) is 0.621. The van der Waals surface area contributed by atoms with Crippen molar-refractivity contribution < 1.29 is 0 Å². The molecule has 1 fully saturated rings. The number of hydrogen-bond acceptors (Lipinski definition) is 1. The average Bonchev–Trinajstić information content (AvgIpc) is 2.48. The van der Waals surface area contributed by atoms with Gasteiger partial charge in [-0.25, -0.2) is 0 Å². The summed E-state index contributed by atoms with van der Waals surface area (Å²) in [5, 5.41) is 0. The average molecular weight is 193 g/mol. The van der Waals surface area contributed by atoms with Gasteiger partial charge in [-0.1, -0.05) is 33.9 Å². The first-order chi connectivity index (χ1) is 6.42. The zero-order chi connectivity index (χ0) is 10.8. The number of rotatable bonds is 3. The topological polar surface area (TPSA) is 3.24 Å². The van der Waals surface area contributed by atoms with E-state index in [0.717, 1.165) is 18.2 Å². The van der Waals surface area contributed by atoms with Crippen molar-refractivity contribution in [3.05, 3.63) is 24.9 Å². The fraction of sp³-hybridized carbons (Fsp3) is 0.692. The maximum Gasteiger partial charge on any atom is 0.0287 e. The molecule has 0 aromatic heterocycles. The van der Waals surface area contributed by atoms with Gasteiger partial charge in [-0.3, -0.25) is 0 Å². The molecule has 0 aliphatic carbocycles. The van der Waals surface area contributed by atoms with E-state index < -0.39 is 0 Å².